The molecule has 0 unspecified atom stereocenters. The Balaban J connectivity index is 1.11. The Labute approximate surface area is 291 Å². The summed E-state index contributed by atoms with van der Waals surface area (Å²) in [6, 6.07) is 54.3. The normalized spacial score (nSPS) is 13.8. The lowest BCUT2D eigenvalue weighted by Crippen LogP contribution is -2.36. The van der Waals surface area contributed by atoms with E-state index in [1.165, 1.54) is 10.8 Å². The molecule has 0 atom stereocenters. The molecule has 0 bridgehead atoms. The maximum atomic E-state index is 6.64. The summed E-state index contributed by atoms with van der Waals surface area (Å²) in [5, 5.41) is 10.2. The summed E-state index contributed by atoms with van der Waals surface area (Å²) in [6.45, 7) is 0. The predicted octanol–water partition coefficient (Wildman–Crippen LogP) is 11.1. The van der Waals surface area contributed by atoms with Crippen LogP contribution in [0.5, 0.6) is 0 Å². The van der Waals surface area contributed by atoms with Crippen molar-refractivity contribution in [1.82, 2.24) is 9.88 Å². The zero-order chi connectivity index (χ0) is 33.5. The van der Waals surface area contributed by atoms with Gasteiger partial charge in [0.05, 0.1) is 11.0 Å². The number of furan rings is 2. The van der Waals surface area contributed by atoms with Crippen molar-refractivity contribution in [2.75, 3.05) is 0 Å². The van der Waals surface area contributed by atoms with Gasteiger partial charge in [-0.15, -0.1) is 0 Å². The van der Waals surface area contributed by atoms with Gasteiger partial charge in [-0.1, -0.05) is 109 Å². The number of para-hydroxylation sites is 2. The van der Waals surface area contributed by atoms with E-state index in [1.54, 1.807) is 0 Å². The molecule has 0 spiro atoms. The molecule has 7 aromatic carbocycles. The minimum absolute atomic E-state index is 0.467. The fraction of sp³-hybridized carbons (Fsp3) is 0.0222. The number of fused-ring (bicyclic) bond motifs is 10. The van der Waals surface area contributed by atoms with Crippen molar-refractivity contribution in [3.05, 3.63) is 174 Å². The SMILES string of the molecule is c1ccc(C2=NC(c3cccc4oc5cc(-n6c7ccccc7c7c8c(ccc76)oc6ccccc68)ccc5c34)N=C(c3ccccc3)N2)cc1. The maximum absolute atomic E-state index is 6.64. The van der Waals surface area contributed by atoms with Gasteiger partial charge in [-0.05, 0) is 42.5 Å². The lowest BCUT2D eigenvalue weighted by molar-refractivity contribution is 0.667. The zero-order valence-electron chi connectivity index (χ0n) is 27.2. The average molecular weight is 657 g/mol. The van der Waals surface area contributed by atoms with Gasteiger partial charge in [-0.25, -0.2) is 9.98 Å². The summed E-state index contributed by atoms with van der Waals surface area (Å²) in [7, 11) is 0. The molecular weight excluding hydrogens is 629 g/mol. The molecule has 10 aromatic rings. The number of nitrogens with zero attached hydrogens (tertiary/aromatic N) is 3. The molecule has 6 nitrogen and oxygen atoms in total. The first-order valence-electron chi connectivity index (χ1n) is 17.1. The Morgan fingerprint density at radius 1 is 0.451 bits per heavy atom. The van der Waals surface area contributed by atoms with Crippen LogP contribution in [-0.2, 0) is 0 Å². The zero-order valence-corrected chi connectivity index (χ0v) is 27.2. The van der Waals surface area contributed by atoms with Gasteiger partial charge < -0.3 is 18.7 Å². The number of rotatable bonds is 4. The summed E-state index contributed by atoms with van der Waals surface area (Å²) in [6.07, 6.45) is -0.467. The van der Waals surface area contributed by atoms with Crippen molar-refractivity contribution in [3.8, 4) is 5.69 Å². The Hall–Kier alpha value is -6.92. The molecular formula is C45H28N4O2. The number of benzene rings is 7. The smallest absolute Gasteiger partial charge is 0.170 e. The summed E-state index contributed by atoms with van der Waals surface area (Å²) in [4.78, 5) is 10.3. The number of amidine groups is 2. The summed E-state index contributed by atoms with van der Waals surface area (Å²) < 4.78 is 15.3. The van der Waals surface area contributed by atoms with E-state index in [0.29, 0.717) is 0 Å². The van der Waals surface area contributed by atoms with E-state index in [4.69, 9.17) is 18.8 Å². The molecule has 0 fully saturated rings. The Morgan fingerprint density at radius 3 is 1.86 bits per heavy atom. The Morgan fingerprint density at radius 2 is 1.08 bits per heavy atom. The highest BCUT2D eigenvalue weighted by molar-refractivity contribution is 6.27. The Bertz CT molecular complexity index is 3000. The largest absolute Gasteiger partial charge is 0.456 e. The number of aromatic nitrogens is 1. The van der Waals surface area contributed by atoms with Gasteiger partial charge in [0.1, 0.15) is 34.0 Å². The quantitative estimate of drug-likeness (QED) is 0.205. The van der Waals surface area contributed by atoms with Crippen LogP contribution in [0.3, 0.4) is 0 Å². The maximum Gasteiger partial charge on any atom is 0.170 e. The monoisotopic (exact) mass is 656 g/mol. The van der Waals surface area contributed by atoms with Crippen LogP contribution in [0.1, 0.15) is 22.9 Å². The second-order valence-electron chi connectivity index (χ2n) is 13.0. The minimum Gasteiger partial charge on any atom is -0.456 e. The van der Waals surface area contributed by atoms with Crippen LogP contribution in [-0.4, -0.2) is 16.2 Å². The van der Waals surface area contributed by atoms with Gasteiger partial charge in [0.25, 0.3) is 0 Å². The number of nitrogens with one attached hydrogen (secondary N) is 1. The molecule has 0 saturated heterocycles. The molecule has 0 saturated carbocycles. The van der Waals surface area contributed by atoms with E-state index in [9.17, 15) is 0 Å². The third-order valence-corrected chi connectivity index (χ3v) is 10.1. The first kappa shape index (κ1) is 28.0. The fourth-order valence-corrected chi connectivity index (χ4v) is 7.82. The molecule has 0 aliphatic carbocycles. The van der Waals surface area contributed by atoms with Gasteiger partial charge >= 0.3 is 0 Å². The topological polar surface area (TPSA) is 68.0 Å². The molecule has 0 amide bonds. The standard InChI is InChI=1S/C45H28N4O2/c1-3-12-27(13-4-1)43-46-44(28-14-5-2-6-15-28)48-45(47-43)33-18-11-21-37-40(33)32-23-22-29(26-39(32)51-37)49-34-19-9-7-16-30(34)41-35(49)24-25-38-42(41)31-17-8-10-20-36(31)50-38/h1-26,45H,(H,46,47,48). The van der Waals surface area contributed by atoms with Crippen molar-refractivity contribution in [1.29, 1.82) is 0 Å². The molecule has 6 heteroatoms. The average Bonchev–Trinajstić information content (AvgIpc) is 3.87. The van der Waals surface area contributed by atoms with E-state index in [1.807, 2.05) is 60.7 Å². The van der Waals surface area contributed by atoms with Crippen LogP contribution in [0.4, 0.5) is 0 Å². The summed E-state index contributed by atoms with van der Waals surface area (Å²) >= 11 is 0. The molecule has 4 heterocycles. The number of hydrogen-bond donors (Lipinski definition) is 1. The third-order valence-electron chi connectivity index (χ3n) is 10.1. The van der Waals surface area contributed by atoms with Crippen molar-refractivity contribution >= 4 is 77.4 Å². The summed E-state index contributed by atoms with van der Waals surface area (Å²) in [5.41, 5.74) is 9.67. The fourth-order valence-electron chi connectivity index (χ4n) is 7.82. The highest BCUT2D eigenvalue weighted by atomic mass is 16.3. The van der Waals surface area contributed by atoms with Gasteiger partial charge in [-0.3, -0.25) is 0 Å². The molecule has 1 aliphatic rings. The molecule has 240 valence electrons. The van der Waals surface area contributed by atoms with Crippen LogP contribution in [0.2, 0.25) is 0 Å². The lowest BCUT2D eigenvalue weighted by atomic mass is 10.0. The van der Waals surface area contributed by atoms with Crippen molar-refractivity contribution in [2.45, 2.75) is 6.17 Å². The van der Waals surface area contributed by atoms with Gasteiger partial charge in [0, 0.05) is 60.8 Å². The number of hydrogen-bond acceptors (Lipinski definition) is 5. The van der Waals surface area contributed by atoms with Crippen LogP contribution >= 0.6 is 0 Å². The lowest BCUT2D eigenvalue weighted by Gasteiger charge is -2.22. The van der Waals surface area contributed by atoms with Crippen LogP contribution in [0, 0.1) is 0 Å². The van der Waals surface area contributed by atoms with Gasteiger partial charge in [-0.2, -0.15) is 0 Å². The molecule has 1 N–H and O–H groups in total. The molecule has 11 rings (SSSR count). The summed E-state index contributed by atoms with van der Waals surface area (Å²) in [5.74, 6) is 1.57. The van der Waals surface area contributed by atoms with E-state index < -0.39 is 6.17 Å². The van der Waals surface area contributed by atoms with Gasteiger partial charge in [0.15, 0.2) is 6.17 Å². The third kappa shape index (κ3) is 4.23. The van der Waals surface area contributed by atoms with E-state index >= 15 is 0 Å². The minimum atomic E-state index is -0.467. The highest BCUT2D eigenvalue weighted by Gasteiger charge is 2.25. The van der Waals surface area contributed by atoms with Crippen molar-refractivity contribution in [2.24, 2.45) is 9.98 Å². The van der Waals surface area contributed by atoms with Crippen LogP contribution in [0.25, 0.3) is 71.4 Å². The highest BCUT2D eigenvalue weighted by Crippen LogP contribution is 2.42. The molecule has 1 aliphatic heterocycles. The van der Waals surface area contributed by atoms with Gasteiger partial charge in [0.2, 0.25) is 0 Å². The van der Waals surface area contributed by atoms with Crippen LogP contribution in [0.15, 0.2) is 177 Å². The number of aliphatic imine (C=N–C) groups is 2. The van der Waals surface area contributed by atoms with E-state index in [-0.39, 0.29) is 0 Å². The molecule has 51 heavy (non-hydrogen) atoms. The second-order valence-corrected chi connectivity index (χ2v) is 13.0. The second kappa shape index (κ2) is 10.8. The van der Waals surface area contributed by atoms with Crippen LogP contribution < -0.4 is 5.32 Å². The molecule has 3 aromatic heterocycles. The first-order chi connectivity index (χ1) is 25.3. The van der Waals surface area contributed by atoms with Crippen molar-refractivity contribution < 1.29 is 8.83 Å². The van der Waals surface area contributed by atoms with Crippen molar-refractivity contribution in [3.63, 3.8) is 0 Å². The Kier molecular flexibility index (Phi) is 5.92. The predicted molar refractivity (Wildman–Crippen MR) is 207 cm³/mol. The van der Waals surface area contributed by atoms with E-state index in [0.717, 1.165) is 89.0 Å². The van der Waals surface area contributed by atoms with E-state index in [2.05, 4.69) is 107 Å². The first-order valence-corrected chi connectivity index (χ1v) is 17.1. The molecule has 0 radical (unpaired) electrons.